The third-order valence-corrected chi connectivity index (χ3v) is 6.31. The molecule has 0 aliphatic carbocycles. The molecule has 2 aromatic heterocycles. The van der Waals surface area contributed by atoms with Crippen molar-refractivity contribution in [3.63, 3.8) is 0 Å². The summed E-state index contributed by atoms with van der Waals surface area (Å²) < 4.78 is 17.2. The Bertz CT molecular complexity index is 1110. The van der Waals surface area contributed by atoms with E-state index in [0.29, 0.717) is 33.0 Å². The lowest BCUT2D eigenvalue weighted by atomic mass is 10.2. The van der Waals surface area contributed by atoms with Crippen LogP contribution in [0.5, 0.6) is 11.5 Å². The van der Waals surface area contributed by atoms with Gasteiger partial charge in [0.25, 0.3) is 0 Å². The van der Waals surface area contributed by atoms with Crippen LogP contribution in [0.2, 0.25) is 0 Å². The lowest BCUT2D eigenvalue weighted by Gasteiger charge is -2.09. The van der Waals surface area contributed by atoms with E-state index in [1.54, 1.807) is 30.9 Å². The molecule has 0 saturated carbocycles. The molecule has 1 amide bonds. The van der Waals surface area contributed by atoms with Crippen molar-refractivity contribution in [3.05, 3.63) is 34.7 Å². The molecule has 11 heteroatoms. The lowest BCUT2D eigenvalue weighted by Crippen LogP contribution is -2.16. The van der Waals surface area contributed by atoms with E-state index in [0.717, 1.165) is 10.4 Å². The lowest BCUT2D eigenvalue weighted by molar-refractivity contribution is -0.113. The van der Waals surface area contributed by atoms with E-state index in [4.69, 9.17) is 14.2 Å². The quantitative estimate of drug-likeness (QED) is 0.401. The van der Waals surface area contributed by atoms with Crippen molar-refractivity contribution in [2.24, 2.45) is 7.05 Å². The number of anilines is 1. The maximum atomic E-state index is 12.4. The number of nitrogens with zero attached hydrogens (tertiary/aromatic N) is 3. The summed E-state index contributed by atoms with van der Waals surface area (Å²) in [5.41, 5.74) is 1.15. The second-order valence-electron chi connectivity index (χ2n) is 6.36. The number of thioether (sulfide) groups is 1. The number of esters is 1. The number of amides is 1. The number of carbonyl (C=O) groups excluding carboxylic acids is 2. The fourth-order valence-electron chi connectivity index (χ4n) is 2.83. The van der Waals surface area contributed by atoms with Gasteiger partial charge in [0.1, 0.15) is 5.00 Å². The molecule has 0 radical (unpaired) electrons. The monoisotopic (exact) mass is 462 g/mol. The Balaban J connectivity index is 1.69. The minimum atomic E-state index is -0.486. The topological polar surface area (TPSA) is 105 Å². The highest BCUT2D eigenvalue weighted by Crippen LogP contribution is 2.33. The number of ether oxygens (including phenoxy) is 3. The Kier molecular flexibility index (Phi) is 7.18. The van der Waals surface area contributed by atoms with Crippen LogP contribution in [0.1, 0.15) is 15.2 Å². The molecule has 9 nitrogen and oxygen atoms in total. The fraction of sp³-hybridized carbons (Fsp3) is 0.300. The Morgan fingerprint density at radius 3 is 2.55 bits per heavy atom. The van der Waals surface area contributed by atoms with Crippen molar-refractivity contribution < 1.29 is 23.8 Å². The summed E-state index contributed by atoms with van der Waals surface area (Å²) in [4.78, 5) is 25.2. The number of hydrogen-bond acceptors (Lipinski definition) is 9. The predicted molar refractivity (Wildman–Crippen MR) is 119 cm³/mol. The van der Waals surface area contributed by atoms with Crippen LogP contribution in [-0.2, 0) is 16.6 Å². The Morgan fingerprint density at radius 2 is 1.87 bits per heavy atom. The van der Waals surface area contributed by atoms with Crippen molar-refractivity contribution in [2.45, 2.75) is 12.1 Å². The van der Waals surface area contributed by atoms with Gasteiger partial charge in [0.05, 0.1) is 32.6 Å². The van der Waals surface area contributed by atoms with Crippen molar-refractivity contribution in [3.8, 4) is 22.9 Å². The first kappa shape index (κ1) is 22.6. The summed E-state index contributed by atoms with van der Waals surface area (Å²) in [5, 5.41) is 12.2. The molecule has 164 valence electrons. The molecule has 1 N–H and O–H groups in total. The number of aromatic nitrogens is 3. The second-order valence-corrected chi connectivity index (χ2v) is 8.56. The largest absolute Gasteiger partial charge is 0.493 e. The molecule has 0 fully saturated rings. The summed E-state index contributed by atoms with van der Waals surface area (Å²) in [6.45, 7) is 1.86. The highest BCUT2D eigenvalue weighted by atomic mass is 32.2. The van der Waals surface area contributed by atoms with Gasteiger partial charge < -0.3 is 24.1 Å². The molecular formula is C20H22N4O5S2. The number of thiophene rings is 1. The third kappa shape index (κ3) is 5.00. The van der Waals surface area contributed by atoms with Gasteiger partial charge in [0, 0.05) is 17.5 Å². The Hall–Kier alpha value is -3.05. The highest BCUT2D eigenvalue weighted by Gasteiger charge is 2.19. The zero-order valence-electron chi connectivity index (χ0n) is 17.7. The van der Waals surface area contributed by atoms with Crippen LogP contribution in [0.3, 0.4) is 0 Å². The molecule has 0 saturated heterocycles. The van der Waals surface area contributed by atoms with Crippen LogP contribution in [-0.4, -0.2) is 53.7 Å². The van der Waals surface area contributed by atoms with E-state index < -0.39 is 5.97 Å². The average molecular weight is 463 g/mol. The van der Waals surface area contributed by atoms with E-state index in [9.17, 15) is 9.59 Å². The fourth-order valence-corrected chi connectivity index (χ4v) is 4.46. The Morgan fingerprint density at radius 1 is 1.13 bits per heavy atom. The molecule has 1 aromatic carbocycles. The van der Waals surface area contributed by atoms with E-state index in [1.807, 2.05) is 26.1 Å². The first-order valence-corrected chi connectivity index (χ1v) is 10.9. The molecule has 0 bridgehead atoms. The minimum Gasteiger partial charge on any atom is -0.493 e. The molecule has 2 heterocycles. The van der Waals surface area contributed by atoms with Crippen molar-refractivity contribution >= 4 is 40.0 Å². The smallest absolute Gasteiger partial charge is 0.340 e. The number of rotatable bonds is 8. The minimum absolute atomic E-state index is 0.107. The van der Waals surface area contributed by atoms with Gasteiger partial charge in [-0.2, -0.15) is 0 Å². The second kappa shape index (κ2) is 9.84. The molecular weight excluding hydrogens is 440 g/mol. The molecule has 3 rings (SSSR count). The van der Waals surface area contributed by atoms with Crippen LogP contribution < -0.4 is 14.8 Å². The zero-order valence-corrected chi connectivity index (χ0v) is 19.3. The number of hydrogen-bond donors (Lipinski definition) is 1. The number of nitrogens with one attached hydrogen (secondary N) is 1. The van der Waals surface area contributed by atoms with Crippen molar-refractivity contribution in [2.75, 3.05) is 32.4 Å². The van der Waals surface area contributed by atoms with Gasteiger partial charge in [0.15, 0.2) is 22.5 Å². The summed E-state index contributed by atoms with van der Waals surface area (Å²) in [6, 6.07) is 7.17. The first-order chi connectivity index (χ1) is 14.9. The molecule has 0 atom stereocenters. The molecule has 3 aromatic rings. The average Bonchev–Trinajstić information content (AvgIpc) is 3.32. The van der Waals surface area contributed by atoms with Crippen molar-refractivity contribution in [1.29, 1.82) is 0 Å². The zero-order chi connectivity index (χ0) is 22.5. The highest BCUT2D eigenvalue weighted by molar-refractivity contribution is 7.99. The number of aryl methyl sites for hydroxylation is 1. The van der Waals surface area contributed by atoms with Crippen LogP contribution in [0.25, 0.3) is 11.4 Å². The normalized spacial score (nSPS) is 10.6. The van der Waals surface area contributed by atoms with E-state index in [2.05, 4.69) is 15.5 Å². The van der Waals surface area contributed by atoms with Gasteiger partial charge in [-0.3, -0.25) is 4.79 Å². The van der Waals surface area contributed by atoms with E-state index in [1.165, 1.54) is 30.2 Å². The number of carbonyl (C=O) groups is 2. The molecule has 31 heavy (non-hydrogen) atoms. The number of methoxy groups -OCH3 is 3. The van der Waals surface area contributed by atoms with Crippen LogP contribution >= 0.6 is 23.1 Å². The maximum absolute atomic E-state index is 12.4. The van der Waals surface area contributed by atoms with Gasteiger partial charge >= 0.3 is 5.97 Å². The van der Waals surface area contributed by atoms with Crippen LogP contribution in [0.4, 0.5) is 5.00 Å². The summed E-state index contributed by atoms with van der Waals surface area (Å²) in [5.74, 6) is 1.20. The van der Waals surface area contributed by atoms with Crippen LogP contribution in [0.15, 0.2) is 29.4 Å². The molecule has 0 aliphatic rings. The number of benzene rings is 1. The SMILES string of the molecule is COC(=O)c1cc(C)sc1NC(=O)CSc1nnc(-c2ccc(OC)c(OC)c2)n1C. The van der Waals surface area contributed by atoms with E-state index >= 15 is 0 Å². The van der Waals surface area contributed by atoms with Gasteiger partial charge in [0.2, 0.25) is 5.91 Å². The van der Waals surface area contributed by atoms with E-state index in [-0.39, 0.29) is 11.7 Å². The standard InChI is InChI=1S/C20H22N4O5S2/c1-11-8-13(19(26)29-5)18(31-11)21-16(25)10-30-20-23-22-17(24(20)2)12-6-7-14(27-3)15(9-12)28-4/h6-9H,10H2,1-5H3,(H,21,25). The molecule has 0 spiro atoms. The third-order valence-electron chi connectivity index (χ3n) is 4.32. The Labute approximate surface area is 187 Å². The van der Waals surface area contributed by atoms with Gasteiger partial charge in [-0.25, -0.2) is 4.79 Å². The molecule has 0 unspecified atom stereocenters. The van der Waals surface area contributed by atoms with Gasteiger partial charge in [-0.05, 0) is 31.2 Å². The predicted octanol–water partition coefficient (Wildman–Crippen LogP) is 3.39. The maximum Gasteiger partial charge on any atom is 0.340 e. The van der Waals surface area contributed by atoms with Gasteiger partial charge in [-0.1, -0.05) is 11.8 Å². The van der Waals surface area contributed by atoms with Gasteiger partial charge in [-0.15, -0.1) is 21.5 Å². The summed E-state index contributed by atoms with van der Waals surface area (Å²) in [6.07, 6.45) is 0. The van der Waals surface area contributed by atoms with Crippen molar-refractivity contribution in [1.82, 2.24) is 14.8 Å². The van der Waals surface area contributed by atoms with Crippen LogP contribution in [0, 0.1) is 6.92 Å². The summed E-state index contributed by atoms with van der Waals surface area (Å²) >= 11 is 2.57. The molecule has 0 aliphatic heterocycles. The first-order valence-electron chi connectivity index (χ1n) is 9.11. The summed E-state index contributed by atoms with van der Waals surface area (Å²) in [7, 11) is 6.27.